The fraction of sp³-hybridized carbons (Fsp3) is 0.412. The van der Waals surface area contributed by atoms with Crippen molar-refractivity contribution in [2.75, 3.05) is 33.2 Å². The van der Waals surface area contributed by atoms with Crippen LogP contribution in [0.25, 0.3) is 11.1 Å². The first-order chi connectivity index (χ1) is 21.6. The summed E-state index contributed by atoms with van der Waals surface area (Å²) < 4.78 is 70.2. The lowest BCUT2D eigenvalue weighted by atomic mass is 9.95. The Hall–Kier alpha value is -3.82. The molecule has 46 heavy (non-hydrogen) atoms. The van der Waals surface area contributed by atoms with E-state index in [-0.39, 0.29) is 24.6 Å². The van der Waals surface area contributed by atoms with Crippen molar-refractivity contribution in [3.05, 3.63) is 82.9 Å². The van der Waals surface area contributed by atoms with Crippen LogP contribution in [0.3, 0.4) is 0 Å². The van der Waals surface area contributed by atoms with Crippen LogP contribution in [-0.2, 0) is 26.8 Å². The Morgan fingerprint density at radius 3 is 2.15 bits per heavy atom. The smallest absolute Gasteiger partial charge is 0.416 e. The lowest BCUT2D eigenvalue weighted by Gasteiger charge is -2.24. The number of methoxy groups -OCH3 is 2. The van der Waals surface area contributed by atoms with Gasteiger partial charge >= 0.3 is 12.3 Å². The van der Waals surface area contributed by atoms with Gasteiger partial charge in [0.05, 0.1) is 30.6 Å². The van der Waals surface area contributed by atoms with Gasteiger partial charge in [0, 0.05) is 31.5 Å². The highest BCUT2D eigenvalue weighted by atomic mass is 31.2. The fourth-order valence-corrected chi connectivity index (χ4v) is 7.11. The Bertz CT molecular complexity index is 1570. The minimum atomic E-state index is -4.56. The van der Waals surface area contributed by atoms with Gasteiger partial charge in [0.1, 0.15) is 18.5 Å². The summed E-state index contributed by atoms with van der Waals surface area (Å²) in [6.07, 6.45) is -4.42. The number of carbonyl (C=O) groups is 2. The third-order valence-corrected chi connectivity index (χ3v) is 11.0. The molecule has 0 saturated carbocycles. The zero-order valence-corrected chi connectivity index (χ0v) is 28.1. The molecular formula is C34H42F3N2O6P. The van der Waals surface area contributed by atoms with E-state index < -0.39 is 36.6 Å². The lowest BCUT2D eigenvalue weighted by Crippen LogP contribution is -2.37. The Morgan fingerprint density at radius 2 is 1.59 bits per heavy atom. The average molecular weight is 663 g/mol. The molecule has 1 atom stereocenters. The van der Waals surface area contributed by atoms with Gasteiger partial charge in [-0.3, -0.25) is 4.79 Å². The molecule has 2 N–H and O–H groups in total. The van der Waals surface area contributed by atoms with Crippen LogP contribution >= 0.6 is 7.14 Å². The molecule has 0 unspecified atom stereocenters. The number of nitrogens with one attached hydrogen (secondary N) is 2. The molecule has 2 amide bonds. The Labute approximate surface area is 268 Å². The SMILES string of the molecule is CCP(=O)(CC)c1cc(C(=O)N[C@H](C)c2ccc(-c3cc(C(F)(F)F)ccc3CNC(=O)OC(C)(C)COC)cc2)ccc1OC. The van der Waals surface area contributed by atoms with Gasteiger partial charge in [-0.15, -0.1) is 0 Å². The number of halogens is 3. The van der Waals surface area contributed by atoms with Crippen molar-refractivity contribution in [2.24, 2.45) is 0 Å². The molecule has 0 saturated heterocycles. The van der Waals surface area contributed by atoms with Gasteiger partial charge in [-0.2, -0.15) is 13.2 Å². The van der Waals surface area contributed by atoms with Gasteiger partial charge in [-0.1, -0.05) is 44.2 Å². The predicted octanol–water partition coefficient (Wildman–Crippen LogP) is 7.55. The van der Waals surface area contributed by atoms with E-state index in [4.69, 9.17) is 14.2 Å². The van der Waals surface area contributed by atoms with E-state index in [2.05, 4.69) is 10.6 Å². The number of rotatable bonds is 13. The second-order valence-electron chi connectivity index (χ2n) is 11.5. The zero-order chi connectivity index (χ0) is 34.3. The summed E-state index contributed by atoms with van der Waals surface area (Å²) in [4.78, 5) is 25.6. The number of carbonyl (C=O) groups excluding carboxylic acids is 2. The van der Waals surface area contributed by atoms with E-state index in [9.17, 15) is 27.3 Å². The molecule has 3 aromatic rings. The molecular weight excluding hydrogens is 620 g/mol. The molecule has 12 heteroatoms. The second-order valence-corrected chi connectivity index (χ2v) is 15.1. The average Bonchev–Trinajstić information content (AvgIpc) is 3.02. The molecule has 0 radical (unpaired) electrons. The number of alkyl halides is 3. The third-order valence-electron chi connectivity index (χ3n) is 7.69. The van der Waals surface area contributed by atoms with Gasteiger partial charge in [0.25, 0.3) is 5.91 Å². The summed E-state index contributed by atoms with van der Waals surface area (Å²) in [5, 5.41) is 6.07. The summed E-state index contributed by atoms with van der Waals surface area (Å²) in [6.45, 7) is 8.93. The van der Waals surface area contributed by atoms with Crippen LogP contribution in [0.2, 0.25) is 0 Å². The zero-order valence-electron chi connectivity index (χ0n) is 27.2. The van der Waals surface area contributed by atoms with Gasteiger partial charge in [-0.25, -0.2) is 4.79 Å². The minimum absolute atomic E-state index is 0.0730. The van der Waals surface area contributed by atoms with Crippen LogP contribution in [-0.4, -0.2) is 50.8 Å². The normalized spacial score (nSPS) is 12.7. The molecule has 0 bridgehead atoms. The van der Waals surface area contributed by atoms with Gasteiger partial charge in [0.2, 0.25) is 0 Å². The number of ether oxygens (including phenoxy) is 3. The third kappa shape index (κ3) is 9.13. The predicted molar refractivity (Wildman–Crippen MR) is 173 cm³/mol. The number of alkyl carbamates (subject to hydrolysis) is 1. The highest BCUT2D eigenvalue weighted by molar-refractivity contribution is 7.71. The summed E-state index contributed by atoms with van der Waals surface area (Å²) in [6, 6.07) is 14.5. The summed E-state index contributed by atoms with van der Waals surface area (Å²) >= 11 is 0. The Kier molecular flexibility index (Phi) is 12.1. The van der Waals surface area contributed by atoms with Crippen molar-refractivity contribution in [3.8, 4) is 16.9 Å². The molecule has 0 spiro atoms. The van der Waals surface area contributed by atoms with Crippen molar-refractivity contribution in [2.45, 2.75) is 59.0 Å². The fourth-order valence-electron chi connectivity index (χ4n) is 5.04. The first-order valence-corrected chi connectivity index (χ1v) is 17.0. The maximum Gasteiger partial charge on any atom is 0.416 e. The van der Waals surface area contributed by atoms with E-state index in [1.165, 1.54) is 20.3 Å². The van der Waals surface area contributed by atoms with E-state index >= 15 is 0 Å². The van der Waals surface area contributed by atoms with Crippen LogP contribution < -0.4 is 20.7 Å². The Balaban J connectivity index is 1.83. The highest BCUT2D eigenvalue weighted by Crippen LogP contribution is 2.46. The van der Waals surface area contributed by atoms with Crippen LogP contribution in [0, 0.1) is 0 Å². The van der Waals surface area contributed by atoms with Crippen LogP contribution in [0.4, 0.5) is 18.0 Å². The second kappa shape index (κ2) is 15.2. The minimum Gasteiger partial charge on any atom is -0.496 e. The molecule has 0 heterocycles. The van der Waals surface area contributed by atoms with Gasteiger partial charge in [-0.05, 0) is 73.4 Å². The van der Waals surface area contributed by atoms with Crippen LogP contribution in [0.15, 0.2) is 60.7 Å². The number of hydrogen-bond acceptors (Lipinski definition) is 6. The first kappa shape index (κ1) is 36.6. The summed E-state index contributed by atoms with van der Waals surface area (Å²) in [7, 11) is 0.244. The van der Waals surface area contributed by atoms with Crippen molar-refractivity contribution in [3.63, 3.8) is 0 Å². The standard InChI is InChI=1S/C34H42F3N2O6P/c1-8-46(42,9-2)30-18-25(15-17-29(30)44-7)31(40)39-22(3)23-10-12-24(13-11-23)28-19-27(34(35,36)37)16-14-26(28)20-38-32(41)45-33(4,5)21-43-6/h10-19,22H,8-9,20-21H2,1-7H3,(H,38,41)(H,39,40)/t22-/m1/s1. The maximum absolute atomic E-state index is 13.6. The maximum atomic E-state index is 13.6. The monoisotopic (exact) mass is 662 g/mol. The van der Waals surface area contributed by atoms with Crippen LogP contribution in [0.1, 0.15) is 67.7 Å². The van der Waals surface area contributed by atoms with Crippen molar-refractivity contribution >= 4 is 24.4 Å². The molecule has 0 aliphatic heterocycles. The quantitative estimate of drug-likeness (QED) is 0.183. The van der Waals surface area contributed by atoms with E-state index in [0.717, 1.165) is 12.1 Å². The molecule has 3 aromatic carbocycles. The number of benzene rings is 3. The first-order valence-electron chi connectivity index (χ1n) is 14.9. The summed E-state index contributed by atoms with van der Waals surface area (Å²) in [5.74, 6) is 0.106. The van der Waals surface area contributed by atoms with Crippen LogP contribution in [0.5, 0.6) is 5.75 Å². The molecule has 250 valence electrons. The number of amides is 2. The topological polar surface area (TPSA) is 103 Å². The Morgan fingerprint density at radius 1 is 0.935 bits per heavy atom. The molecule has 3 rings (SSSR count). The number of hydrogen-bond donors (Lipinski definition) is 2. The largest absolute Gasteiger partial charge is 0.496 e. The lowest BCUT2D eigenvalue weighted by molar-refractivity contribution is -0.137. The molecule has 0 fully saturated rings. The van der Waals surface area contributed by atoms with Gasteiger partial charge in [0.15, 0.2) is 0 Å². The molecule has 0 aliphatic carbocycles. The highest BCUT2D eigenvalue weighted by Gasteiger charge is 2.31. The van der Waals surface area contributed by atoms with Gasteiger partial charge < -0.3 is 29.4 Å². The van der Waals surface area contributed by atoms with Crippen molar-refractivity contribution in [1.82, 2.24) is 10.6 Å². The summed E-state index contributed by atoms with van der Waals surface area (Å²) in [5.41, 5.74) is 0.571. The van der Waals surface area contributed by atoms with E-state index in [0.29, 0.717) is 45.6 Å². The molecule has 8 nitrogen and oxygen atoms in total. The van der Waals surface area contributed by atoms with E-state index in [1.807, 2.05) is 13.8 Å². The van der Waals surface area contributed by atoms with E-state index in [1.54, 1.807) is 63.2 Å². The van der Waals surface area contributed by atoms with Crippen molar-refractivity contribution in [1.29, 1.82) is 0 Å². The molecule has 0 aliphatic rings. The van der Waals surface area contributed by atoms with Crippen molar-refractivity contribution < 1.29 is 41.5 Å². The molecule has 0 aromatic heterocycles.